The van der Waals surface area contributed by atoms with Gasteiger partial charge in [0.2, 0.25) is 5.95 Å². The van der Waals surface area contributed by atoms with Crippen molar-refractivity contribution < 1.29 is 13.2 Å². The van der Waals surface area contributed by atoms with Crippen molar-refractivity contribution >= 4 is 5.95 Å². The summed E-state index contributed by atoms with van der Waals surface area (Å²) in [5.74, 6) is 0.246. The lowest BCUT2D eigenvalue weighted by molar-refractivity contribution is -0.138. The highest BCUT2D eigenvalue weighted by Gasteiger charge is 2.31. The fourth-order valence-electron chi connectivity index (χ4n) is 1.41. The number of hydrogen-bond donors (Lipinski definition) is 1. The third kappa shape index (κ3) is 3.29. The molecule has 1 atom stereocenters. The molecule has 1 heterocycles. The highest BCUT2D eigenvalue weighted by molar-refractivity contribution is 5.30. The molecule has 0 saturated carbocycles. The van der Waals surface area contributed by atoms with Gasteiger partial charge < -0.3 is 10.6 Å². The maximum Gasteiger partial charge on any atom is 0.419 e. The standard InChI is InChI=1S/C10H15F3N4/c1-3-8(4-14)17(2)9-15-5-7(6-16-9)10(11,12)13/h5-6,8H,3-4,14H2,1-2H3/t8-/m0/s1. The van der Waals surface area contributed by atoms with Gasteiger partial charge in [-0.05, 0) is 6.42 Å². The molecule has 96 valence electrons. The Hall–Kier alpha value is -1.37. The second-order valence-corrected chi connectivity index (χ2v) is 3.68. The predicted molar refractivity (Wildman–Crippen MR) is 58.6 cm³/mol. The maximum absolute atomic E-state index is 12.3. The molecular weight excluding hydrogens is 233 g/mol. The van der Waals surface area contributed by atoms with Crippen LogP contribution < -0.4 is 10.6 Å². The molecule has 2 N–H and O–H groups in total. The Kier molecular flexibility index (Phi) is 4.28. The minimum absolute atomic E-state index is 0.0201. The number of hydrogen-bond acceptors (Lipinski definition) is 4. The first kappa shape index (κ1) is 13.7. The van der Waals surface area contributed by atoms with Crippen molar-refractivity contribution in [2.24, 2.45) is 5.73 Å². The van der Waals surface area contributed by atoms with E-state index in [-0.39, 0.29) is 12.0 Å². The molecule has 0 fully saturated rings. The third-order valence-corrected chi connectivity index (χ3v) is 2.57. The number of likely N-dealkylation sites (N-methyl/N-ethyl adjacent to an activating group) is 1. The summed E-state index contributed by atoms with van der Waals surface area (Å²) in [4.78, 5) is 9.08. The summed E-state index contributed by atoms with van der Waals surface area (Å²) in [6.45, 7) is 2.34. The molecule has 1 rings (SSSR count). The van der Waals surface area contributed by atoms with Gasteiger partial charge >= 0.3 is 6.18 Å². The molecule has 0 radical (unpaired) electrons. The fraction of sp³-hybridized carbons (Fsp3) is 0.600. The van der Waals surface area contributed by atoms with Crippen molar-refractivity contribution in [2.45, 2.75) is 25.6 Å². The Morgan fingerprint density at radius 1 is 1.35 bits per heavy atom. The number of anilines is 1. The van der Waals surface area contributed by atoms with Crippen LogP contribution in [0.5, 0.6) is 0 Å². The molecule has 4 nitrogen and oxygen atoms in total. The summed E-state index contributed by atoms with van der Waals surface area (Å²) in [7, 11) is 1.71. The van der Waals surface area contributed by atoms with Crippen molar-refractivity contribution in [1.82, 2.24) is 9.97 Å². The van der Waals surface area contributed by atoms with Gasteiger partial charge in [-0.15, -0.1) is 0 Å². The zero-order valence-corrected chi connectivity index (χ0v) is 9.70. The van der Waals surface area contributed by atoms with E-state index >= 15 is 0 Å². The van der Waals surface area contributed by atoms with Gasteiger partial charge in [0.15, 0.2) is 0 Å². The molecule has 0 aliphatic carbocycles. The average Bonchev–Trinajstić information content (AvgIpc) is 2.29. The summed E-state index contributed by atoms with van der Waals surface area (Å²) in [5.41, 5.74) is 4.69. The molecule has 7 heteroatoms. The second kappa shape index (κ2) is 5.31. The number of halogens is 3. The second-order valence-electron chi connectivity index (χ2n) is 3.68. The molecule has 0 amide bonds. The molecule has 0 aliphatic rings. The zero-order valence-electron chi connectivity index (χ0n) is 9.70. The van der Waals surface area contributed by atoms with Crippen LogP contribution in [0.4, 0.5) is 19.1 Å². The number of aromatic nitrogens is 2. The van der Waals surface area contributed by atoms with Gasteiger partial charge in [-0.3, -0.25) is 0 Å². The Bertz CT molecular complexity index is 346. The molecule has 1 aromatic rings. The van der Waals surface area contributed by atoms with Crippen molar-refractivity contribution in [3.05, 3.63) is 18.0 Å². The van der Waals surface area contributed by atoms with Crippen molar-refractivity contribution in [1.29, 1.82) is 0 Å². The van der Waals surface area contributed by atoms with Crippen LogP contribution in [0.25, 0.3) is 0 Å². The molecule has 0 saturated heterocycles. The van der Waals surface area contributed by atoms with Crippen LogP contribution in [0.15, 0.2) is 12.4 Å². The number of nitrogens with zero attached hydrogens (tertiary/aromatic N) is 3. The molecule has 0 unspecified atom stereocenters. The Morgan fingerprint density at radius 2 is 1.88 bits per heavy atom. The topological polar surface area (TPSA) is 55.0 Å². The van der Waals surface area contributed by atoms with E-state index in [2.05, 4.69) is 9.97 Å². The highest BCUT2D eigenvalue weighted by atomic mass is 19.4. The minimum atomic E-state index is -4.41. The fourth-order valence-corrected chi connectivity index (χ4v) is 1.41. The van der Waals surface area contributed by atoms with Crippen LogP contribution in [-0.4, -0.2) is 29.6 Å². The summed E-state index contributed by atoms with van der Waals surface area (Å²) >= 11 is 0. The molecular formula is C10H15F3N4. The van der Waals surface area contributed by atoms with Crippen LogP contribution >= 0.6 is 0 Å². The molecule has 1 aromatic heterocycles. The summed E-state index contributed by atoms with van der Waals surface area (Å²) in [6.07, 6.45) is -2.07. The van der Waals surface area contributed by atoms with Gasteiger partial charge in [0.05, 0.1) is 5.56 Å². The first-order valence-electron chi connectivity index (χ1n) is 5.22. The summed E-state index contributed by atoms with van der Waals surface area (Å²) in [5, 5.41) is 0. The normalized spacial score (nSPS) is 13.5. The largest absolute Gasteiger partial charge is 0.419 e. The first-order valence-corrected chi connectivity index (χ1v) is 5.22. The predicted octanol–water partition coefficient (Wildman–Crippen LogP) is 1.67. The van der Waals surface area contributed by atoms with E-state index < -0.39 is 11.7 Å². The van der Waals surface area contributed by atoms with E-state index in [1.807, 2.05) is 6.92 Å². The van der Waals surface area contributed by atoms with Crippen molar-refractivity contribution in [2.75, 3.05) is 18.5 Å². The van der Waals surface area contributed by atoms with Gasteiger partial charge in [-0.2, -0.15) is 13.2 Å². The highest BCUT2D eigenvalue weighted by Crippen LogP contribution is 2.28. The van der Waals surface area contributed by atoms with Crippen LogP contribution in [-0.2, 0) is 6.18 Å². The quantitative estimate of drug-likeness (QED) is 0.880. The van der Waals surface area contributed by atoms with E-state index in [1.54, 1.807) is 11.9 Å². The Labute approximate surface area is 97.7 Å². The van der Waals surface area contributed by atoms with E-state index in [0.29, 0.717) is 6.54 Å². The van der Waals surface area contributed by atoms with Crippen LogP contribution in [0.1, 0.15) is 18.9 Å². The maximum atomic E-state index is 12.3. The molecule has 17 heavy (non-hydrogen) atoms. The van der Waals surface area contributed by atoms with E-state index in [0.717, 1.165) is 18.8 Å². The molecule has 0 aliphatic heterocycles. The average molecular weight is 248 g/mol. The van der Waals surface area contributed by atoms with Crippen molar-refractivity contribution in [3.8, 4) is 0 Å². The number of nitrogens with two attached hydrogens (primary N) is 1. The lowest BCUT2D eigenvalue weighted by atomic mass is 10.2. The number of alkyl halides is 3. The van der Waals surface area contributed by atoms with E-state index in [4.69, 9.17) is 5.73 Å². The van der Waals surface area contributed by atoms with Crippen LogP contribution in [0.3, 0.4) is 0 Å². The first-order chi connectivity index (χ1) is 7.90. The van der Waals surface area contributed by atoms with Crippen molar-refractivity contribution in [3.63, 3.8) is 0 Å². The molecule has 0 aromatic carbocycles. The Balaban J connectivity index is 2.87. The lowest BCUT2D eigenvalue weighted by Gasteiger charge is -2.25. The van der Waals surface area contributed by atoms with Gasteiger partial charge in [0.25, 0.3) is 0 Å². The van der Waals surface area contributed by atoms with Gasteiger partial charge in [0.1, 0.15) is 0 Å². The molecule has 0 spiro atoms. The van der Waals surface area contributed by atoms with Crippen LogP contribution in [0.2, 0.25) is 0 Å². The SMILES string of the molecule is CC[C@@H](CN)N(C)c1ncc(C(F)(F)F)cn1. The lowest BCUT2D eigenvalue weighted by Crippen LogP contribution is -2.38. The summed E-state index contributed by atoms with van der Waals surface area (Å²) in [6, 6.07) is 0.0201. The van der Waals surface area contributed by atoms with Gasteiger partial charge in [-0.1, -0.05) is 6.92 Å². The van der Waals surface area contributed by atoms with Gasteiger partial charge in [-0.25, -0.2) is 9.97 Å². The van der Waals surface area contributed by atoms with Crippen LogP contribution in [0, 0.1) is 0 Å². The molecule has 0 bridgehead atoms. The Morgan fingerprint density at radius 3 is 2.24 bits per heavy atom. The smallest absolute Gasteiger partial charge is 0.340 e. The minimum Gasteiger partial charge on any atom is -0.340 e. The van der Waals surface area contributed by atoms with E-state index in [9.17, 15) is 13.2 Å². The monoisotopic (exact) mass is 248 g/mol. The third-order valence-electron chi connectivity index (χ3n) is 2.57. The van der Waals surface area contributed by atoms with E-state index in [1.165, 1.54) is 0 Å². The number of rotatable bonds is 4. The zero-order chi connectivity index (χ0) is 13.1. The summed E-state index contributed by atoms with van der Waals surface area (Å²) < 4.78 is 36.9. The van der Waals surface area contributed by atoms with Gasteiger partial charge in [0, 0.05) is 32.0 Å².